The number of esters is 1. The molecule has 0 amide bonds. The van der Waals surface area contributed by atoms with Gasteiger partial charge in [0.25, 0.3) is 0 Å². The van der Waals surface area contributed by atoms with Gasteiger partial charge in [-0.1, -0.05) is 36.7 Å². The smallest absolute Gasteiger partial charge is 0.303 e. The van der Waals surface area contributed by atoms with Crippen molar-refractivity contribution in [1.82, 2.24) is 0 Å². The standard InChI is InChI=1S/C14H24BrNO3/c1-10(17)19-11(7-5-6-8-15)13-16-12(9-18-13)14(2,3)4/h11-12H,5-9H2,1-4H3/t11-,12+/m0/s1. The van der Waals surface area contributed by atoms with Gasteiger partial charge in [0.2, 0.25) is 5.90 Å². The zero-order valence-electron chi connectivity index (χ0n) is 12.2. The van der Waals surface area contributed by atoms with Crippen LogP contribution in [0.5, 0.6) is 0 Å². The Kier molecular flexibility index (Phi) is 6.30. The summed E-state index contributed by atoms with van der Waals surface area (Å²) in [7, 11) is 0. The van der Waals surface area contributed by atoms with Crippen LogP contribution in [-0.2, 0) is 14.3 Å². The summed E-state index contributed by atoms with van der Waals surface area (Å²) in [6.45, 7) is 8.42. The number of alkyl halides is 1. The predicted octanol–water partition coefficient (Wildman–Crippen LogP) is 3.33. The van der Waals surface area contributed by atoms with Gasteiger partial charge in [0.1, 0.15) is 6.61 Å². The van der Waals surface area contributed by atoms with Gasteiger partial charge >= 0.3 is 5.97 Å². The fraction of sp³-hybridized carbons (Fsp3) is 0.857. The van der Waals surface area contributed by atoms with Crippen molar-refractivity contribution in [3.8, 4) is 0 Å². The topological polar surface area (TPSA) is 47.9 Å². The third-order valence-corrected chi connectivity index (χ3v) is 3.67. The molecule has 0 saturated heterocycles. The maximum atomic E-state index is 11.2. The highest BCUT2D eigenvalue weighted by atomic mass is 79.9. The van der Waals surface area contributed by atoms with E-state index in [1.807, 2.05) is 0 Å². The molecule has 5 heteroatoms. The molecule has 0 bridgehead atoms. The minimum absolute atomic E-state index is 0.0678. The van der Waals surface area contributed by atoms with E-state index in [-0.39, 0.29) is 23.5 Å². The molecule has 0 aliphatic carbocycles. The number of aliphatic imine (C=N–C) groups is 1. The summed E-state index contributed by atoms with van der Waals surface area (Å²) in [4.78, 5) is 15.8. The third kappa shape index (κ3) is 5.51. The Hall–Kier alpha value is -0.580. The summed E-state index contributed by atoms with van der Waals surface area (Å²) in [6.07, 6.45) is 2.46. The molecule has 19 heavy (non-hydrogen) atoms. The van der Waals surface area contributed by atoms with E-state index in [2.05, 4.69) is 41.7 Å². The quantitative estimate of drug-likeness (QED) is 0.425. The highest BCUT2D eigenvalue weighted by molar-refractivity contribution is 9.09. The fourth-order valence-electron chi connectivity index (χ4n) is 1.87. The van der Waals surface area contributed by atoms with E-state index in [0.29, 0.717) is 12.5 Å². The normalized spacial score (nSPS) is 20.7. The Morgan fingerprint density at radius 3 is 2.68 bits per heavy atom. The van der Waals surface area contributed by atoms with Crippen LogP contribution >= 0.6 is 15.9 Å². The predicted molar refractivity (Wildman–Crippen MR) is 79.8 cm³/mol. The number of rotatable bonds is 6. The van der Waals surface area contributed by atoms with Crippen LogP contribution < -0.4 is 0 Å². The van der Waals surface area contributed by atoms with Crippen LogP contribution in [-0.4, -0.2) is 35.9 Å². The van der Waals surface area contributed by atoms with Gasteiger partial charge in [-0.15, -0.1) is 0 Å². The van der Waals surface area contributed by atoms with Gasteiger partial charge in [0.05, 0.1) is 6.04 Å². The van der Waals surface area contributed by atoms with E-state index in [1.165, 1.54) is 6.92 Å². The van der Waals surface area contributed by atoms with E-state index in [0.717, 1.165) is 24.6 Å². The van der Waals surface area contributed by atoms with Crippen LogP contribution in [0.25, 0.3) is 0 Å². The first-order chi connectivity index (χ1) is 8.84. The molecule has 0 aromatic heterocycles. The van der Waals surface area contributed by atoms with Crippen molar-refractivity contribution in [2.24, 2.45) is 10.4 Å². The second-order valence-corrected chi connectivity index (χ2v) is 6.74. The number of carbonyl (C=O) groups is 1. The SMILES string of the molecule is CC(=O)O[C@@H](CCCCBr)C1=N[C@@H](C(C)(C)C)CO1. The Morgan fingerprint density at radius 2 is 2.21 bits per heavy atom. The van der Waals surface area contributed by atoms with Gasteiger partial charge in [-0.2, -0.15) is 0 Å². The molecule has 0 fully saturated rings. The molecule has 1 aliphatic heterocycles. The van der Waals surface area contributed by atoms with E-state index in [4.69, 9.17) is 9.47 Å². The molecule has 0 aromatic rings. The van der Waals surface area contributed by atoms with Gasteiger partial charge in [-0.25, -0.2) is 4.99 Å². The average molecular weight is 334 g/mol. The summed E-state index contributed by atoms with van der Waals surface area (Å²) in [6, 6.07) is 0.136. The van der Waals surface area contributed by atoms with Gasteiger partial charge in [-0.05, 0) is 24.7 Å². The minimum atomic E-state index is -0.330. The lowest BCUT2D eigenvalue weighted by molar-refractivity contribution is -0.144. The van der Waals surface area contributed by atoms with Crippen molar-refractivity contribution in [3.63, 3.8) is 0 Å². The summed E-state index contributed by atoms with van der Waals surface area (Å²) < 4.78 is 11.0. The molecule has 1 rings (SSSR count). The molecule has 0 N–H and O–H groups in total. The molecule has 1 aliphatic rings. The van der Waals surface area contributed by atoms with Crippen LogP contribution in [0.4, 0.5) is 0 Å². The second kappa shape index (κ2) is 7.27. The fourth-order valence-corrected chi connectivity index (χ4v) is 2.27. The van der Waals surface area contributed by atoms with Gasteiger partial charge in [-0.3, -0.25) is 4.79 Å². The molecule has 110 valence electrons. The number of halogens is 1. The lowest BCUT2D eigenvalue weighted by Gasteiger charge is -2.21. The summed E-state index contributed by atoms with van der Waals surface area (Å²) in [5, 5.41) is 0.956. The highest BCUT2D eigenvalue weighted by Gasteiger charge is 2.34. The first kappa shape index (κ1) is 16.5. The minimum Gasteiger partial charge on any atom is -0.476 e. The maximum absolute atomic E-state index is 11.2. The summed E-state index contributed by atoms with van der Waals surface area (Å²) >= 11 is 3.40. The van der Waals surface area contributed by atoms with E-state index >= 15 is 0 Å². The monoisotopic (exact) mass is 333 g/mol. The molecule has 0 radical (unpaired) electrons. The van der Waals surface area contributed by atoms with Gasteiger partial charge in [0.15, 0.2) is 6.10 Å². The largest absolute Gasteiger partial charge is 0.476 e. The van der Waals surface area contributed by atoms with E-state index in [9.17, 15) is 4.79 Å². The Bertz CT molecular complexity index is 336. The average Bonchev–Trinajstić information content (AvgIpc) is 2.76. The van der Waals surface area contributed by atoms with Crippen molar-refractivity contribution in [3.05, 3.63) is 0 Å². The number of nitrogens with zero attached hydrogens (tertiary/aromatic N) is 1. The molecule has 1 heterocycles. The Labute approximate surface area is 124 Å². The van der Waals surface area contributed by atoms with Crippen LogP contribution in [0, 0.1) is 5.41 Å². The van der Waals surface area contributed by atoms with Crippen molar-refractivity contribution in [1.29, 1.82) is 0 Å². The zero-order valence-corrected chi connectivity index (χ0v) is 13.8. The number of ether oxygens (including phenoxy) is 2. The van der Waals surface area contributed by atoms with Crippen molar-refractivity contribution >= 4 is 27.8 Å². The van der Waals surface area contributed by atoms with Crippen LogP contribution in [0.15, 0.2) is 4.99 Å². The lowest BCUT2D eigenvalue weighted by atomic mass is 9.88. The van der Waals surface area contributed by atoms with Crippen LogP contribution in [0.2, 0.25) is 0 Å². The highest BCUT2D eigenvalue weighted by Crippen LogP contribution is 2.27. The van der Waals surface area contributed by atoms with Crippen LogP contribution in [0.1, 0.15) is 47.0 Å². The number of carbonyl (C=O) groups excluding carboxylic acids is 1. The molecule has 0 aromatic carbocycles. The summed E-state index contributed by atoms with van der Waals surface area (Å²) in [5.74, 6) is 0.305. The third-order valence-electron chi connectivity index (χ3n) is 3.11. The molecule has 4 nitrogen and oxygen atoms in total. The van der Waals surface area contributed by atoms with Crippen LogP contribution in [0.3, 0.4) is 0 Å². The van der Waals surface area contributed by atoms with E-state index in [1.54, 1.807) is 0 Å². The van der Waals surface area contributed by atoms with Crippen molar-refractivity contribution in [2.75, 3.05) is 11.9 Å². The maximum Gasteiger partial charge on any atom is 0.303 e. The van der Waals surface area contributed by atoms with Gasteiger partial charge in [0, 0.05) is 12.3 Å². The molecular weight excluding hydrogens is 310 g/mol. The first-order valence-corrected chi connectivity index (χ1v) is 7.90. The molecular formula is C14H24BrNO3. The number of unbranched alkanes of at least 4 members (excludes halogenated alkanes) is 1. The molecule has 0 spiro atoms. The summed E-state index contributed by atoms with van der Waals surface area (Å²) in [5.41, 5.74) is 0.0678. The van der Waals surface area contributed by atoms with E-state index < -0.39 is 0 Å². The molecule has 2 atom stereocenters. The van der Waals surface area contributed by atoms with Gasteiger partial charge < -0.3 is 9.47 Å². The Balaban J connectivity index is 2.67. The Morgan fingerprint density at radius 1 is 1.53 bits per heavy atom. The first-order valence-electron chi connectivity index (χ1n) is 6.78. The molecule has 0 unspecified atom stereocenters. The van der Waals surface area contributed by atoms with Crippen molar-refractivity contribution in [2.45, 2.75) is 59.1 Å². The lowest BCUT2D eigenvalue weighted by Crippen LogP contribution is -2.26. The second-order valence-electron chi connectivity index (χ2n) is 5.94. The molecule has 0 saturated carbocycles. The van der Waals surface area contributed by atoms with Crippen molar-refractivity contribution < 1.29 is 14.3 Å². The zero-order chi connectivity index (χ0) is 14.5. The number of hydrogen-bond acceptors (Lipinski definition) is 4. The number of hydrogen-bond donors (Lipinski definition) is 0.